The molecule has 3 heterocycles. The Hall–Kier alpha value is -2.96. The maximum Gasteiger partial charge on any atom is 0.316 e. The van der Waals surface area contributed by atoms with Crippen LogP contribution in [0.25, 0.3) is 0 Å². The van der Waals surface area contributed by atoms with Crippen LogP contribution in [0.3, 0.4) is 0 Å². The predicted molar refractivity (Wildman–Crippen MR) is 97.9 cm³/mol. The van der Waals surface area contributed by atoms with Gasteiger partial charge in [-0.1, -0.05) is 18.2 Å². The van der Waals surface area contributed by atoms with E-state index in [1.54, 1.807) is 28.3 Å². The number of piperazine rings is 1. The molecule has 0 bridgehead atoms. The molecule has 2 aliphatic heterocycles. The average molecular weight is 351 g/mol. The molecule has 1 fully saturated rings. The Balaban J connectivity index is 1.42. The highest BCUT2D eigenvalue weighted by molar-refractivity contribution is 6.40. The van der Waals surface area contributed by atoms with Crippen molar-refractivity contribution >= 4 is 23.5 Å². The fourth-order valence-electron chi connectivity index (χ4n) is 3.56. The minimum atomic E-state index is -0.429. The van der Waals surface area contributed by atoms with Gasteiger partial charge in [0.25, 0.3) is 0 Å². The molecule has 4 rings (SSSR count). The second kappa shape index (κ2) is 7.11. The van der Waals surface area contributed by atoms with E-state index in [1.165, 1.54) is 0 Å². The van der Waals surface area contributed by atoms with Gasteiger partial charge in [0.15, 0.2) is 0 Å². The lowest BCUT2D eigenvalue weighted by Crippen LogP contribution is -2.54. The zero-order valence-electron chi connectivity index (χ0n) is 14.5. The van der Waals surface area contributed by atoms with Crippen molar-refractivity contribution in [1.82, 2.24) is 14.9 Å². The van der Waals surface area contributed by atoms with E-state index in [0.717, 1.165) is 24.1 Å². The lowest BCUT2D eigenvalue weighted by Gasteiger charge is -2.36. The summed E-state index contributed by atoms with van der Waals surface area (Å²) in [6.07, 6.45) is 5.24. The maximum atomic E-state index is 12.8. The first-order valence-electron chi connectivity index (χ1n) is 8.94. The van der Waals surface area contributed by atoms with E-state index in [1.807, 2.05) is 29.2 Å². The van der Waals surface area contributed by atoms with Gasteiger partial charge in [0, 0.05) is 50.8 Å². The summed E-state index contributed by atoms with van der Waals surface area (Å²) in [6, 6.07) is 9.60. The third-order valence-electron chi connectivity index (χ3n) is 4.94. The van der Waals surface area contributed by atoms with Crippen molar-refractivity contribution in [2.45, 2.75) is 12.8 Å². The lowest BCUT2D eigenvalue weighted by molar-refractivity contribution is -0.144. The smallest absolute Gasteiger partial charge is 0.316 e. The minimum Gasteiger partial charge on any atom is -0.337 e. The van der Waals surface area contributed by atoms with Gasteiger partial charge in [0.1, 0.15) is 0 Å². The number of hydrogen-bond donors (Lipinski definition) is 0. The van der Waals surface area contributed by atoms with E-state index in [4.69, 9.17) is 0 Å². The molecule has 1 saturated heterocycles. The highest BCUT2D eigenvalue weighted by Crippen LogP contribution is 2.27. The quantitative estimate of drug-likeness (QED) is 0.720. The SMILES string of the molecule is O=C(C(=O)N1CCCc2ccccc21)N1CCN(c2ncccn2)CC1. The normalized spacial score (nSPS) is 17.0. The molecule has 2 amide bonds. The number of benzene rings is 1. The van der Waals surface area contributed by atoms with Crippen molar-refractivity contribution in [1.29, 1.82) is 0 Å². The number of rotatable bonds is 1. The van der Waals surface area contributed by atoms with E-state index < -0.39 is 11.8 Å². The fourth-order valence-corrected chi connectivity index (χ4v) is 3.56. The third kappa shape index (κ3) is 3.12. The molecule has 1 aromatic heterocycles. The van der Waals surface area contributed by atoms with Crippen LogP contribution in [0.1, 0.15) is 12.0 Å². The molecule has 2 aliphatic rings. The van der Waals surface area contributed by atoms with Gasteiger partial charge in [-0.05, 0) is 30.5 Å². The number of para-hydroxylation sites is 1. The van der Waals surface area contributed by atoms with Crippen LogP contribution in [0, 0.1) is 0 Å². The molecule has 0 atom stereocenters. The second-order valence-electron chi connectivity index (χ2n) is 6.52. The summed E-state index contributed by atoms with van der Waals surface area (Å²) in [4.78, 5) is 39.3. The summed E-state index contributed by atoms with van der Waals surface area (Å²) in [6.45, 7) is 2.84. The largest absolute Gasteiger partial charge is 0.337 e. The number of aryl methyl sites for hydroxylation is 1. The van der Waals surface area contributed by atoms with Crippen molar-refractivity contribution in [3.8, 4) is 0 Å². The first-order valence-corrected chi connectivity index (χ1v) is 8.94. The van der Waals surface area contributed by atoms with Crippen LogP contribution in [0.4, 0.5) is 11.6 Å². The minimum absolute atomic E-state index is 0.421. The Morgan fingerprint density at radius 2 is 1.58 bits per heavy atom. The number of fused-ring (bicyclic) bond motifs is 1. The molecule has 1 aromatic carbocycles. The summed E-state index contributed by atoms with van der Waals surface area (Å²) in [7, 11) is 0. The van der Waals surface area contributed by atoms with E-state index in [2.05, 4.69) is 9.97 Å². The topological polar surface area (TPSA) is 69.6 Å². The highest BCUT2D eigenvalue weighted by Gasteiger charge is 2.32. The Labute approximate surface area is 152 Å². The Kier molecular flexibility index (Phi) is 4.51. The summed E-state index contributed by atoms with van der Waals surface area (Å²) in [5.74, 6) is -0.187. The van der Waals surface area contributed by atoms with Gasteiger partial charge in [0.05, 0.1) is 0 Å². The molecule has 0 radical (unpaired) electrons. The highest BCUT2D eigenvalue weighted by atomic mass is 16.2. The molecular formula is C19H21N5O2. The summed E-state index contributed by atoms with van der Waals surface area (Å²) in [5, 5.41) is 0. The third-order valence-corrected chi connectivity index (χ3v) is 4.94. The van der Waals surface area contributed by atoms with Gasteiger partial charge in [-0.3, -0.25) is 9.59 Å². The van der Waals surface area contributed by atoms with Crippen molar-refractivity contribution in [3.63, 3.8) is 0 Å². The molecular weight excluding hydrogens is 330 g/mol. The summed E-state index contributed by atoms with van der Waals surface area (Å²) in [5.41, 5.74) is 2.00. The van der Waals surface area contributed by atoms with Gasteiger partial charge in [-0.15, -0.1) is 0 Å². The zero-order chi connectivity index (χ0) is 17.9. The Bertz CT molecular complexity index is 803. The molecule has 0 saturated carbocycles. The molecule has 2 aromatic rings. The monoisotopic (exact) mass is 351 g/mol. The number of carbonyl (C=O) groups excluding carboxylic acids is 2. The molecule has 134 valence electrons. The van der Waals surface area contributed by atoms with Gasteiger partial charge < -0.3 is 14.7 Å². The van der Waals surface area contributed by atoms with Crippen LogP contribution in [0.5, 0.6) is 0 Å². The average Bonchev–Trinajstić information content (AvgIpc) is 2.73. The molecule has 0 aliphatic carbocycles. The van der Waals surface area contributed by atoms with Crippen molar-refractivity contribution in [3.05, 3.63) is 48.3 Å². The van der Waals surface area contributed by atoms with Crippen LogP contribution in [0.2, 0.25) is 0 Å². The molecule has 26 heavy (non-hydrogen) atoms. The number of aromatic nitrogens is 2. The lowest BCUT2D eigenvalue weighted by atomic mass is 10.0. The van der Waals surface area contributed by atoms with Crippen molar-refractivity contribution < 1.29 is 9.59 Å². The van der Waals surface area contributed by atoms with E-state index >= 15 is 0 Å². The number of anilines is 2. The van der Waals surface area contributed by atoms with Crippen LogP contribution in [-0.2, 0) is 16.0 Å². The van der Waals surface area contributed by atoms with Gasteiger partial charge in [-0.2, -0.15) is 0 Å². The molecule has 7 nitrogen and oxygen atoms in total. The van der Waals surface area contributed by atoms with Crippen LogP contribution in [-0.4, -0.2) is 59.4 Å². The van der Waals surface area contributed by atoms with E-state index in [9.17, 15) is 9.59 Å². The van der Waals surface area contributed by atoms with E-state index in [0.29, 0.717) is 38.7 Å². The van der Waals surface area contributed by atoms with Gasteiger partial charge >= 0.3 is 11.8 Å². The number of amides is 2. The molecule has 0 N–H and O–H groups in total. The number of nitrogens with zero attached hydrogens (tertiary/aromatic N) is 5. The maximum absolute atomic E-state index is 12.8. The van der Waals surface area contributed by atoms with Crippen molar-refractivity contribution in [2.24, 2.45) is 0 Å². The van der Waals surface area contributed by atoms with Crippen LogP contribution in [0.15, 0.2) is 42.7 Å². The van der Waals surface area contributed by atoms with Crippen LogP contribution >= 0.6 is 0 Å². The zero-order valence-corrected chi connectivity index (χ0v) is 14.5. The molecule has 7 heteroatoms. The summed E-state index contributed by atoms with van der Waals surface area (Å²) >= 11 is 0. The van der Waals surface area contributed by atoms with Gasteiger partial charge in [0.2, 0.25) is 5.95 Å². The second-order valence-corrected chi connectivity index (χ2v) is 6.52. The first-order chi connectivity index (χ1) is 12.7. The Morgan fingerprint density at radius 3 is 2.35 bits per heavy atom. The standard InChI is InChI=1S/C19H21N5O2/c25-17(18(26)24-10-3-6-15-5-1-2-7-16(15)24)22-11-13-23(14-12-22)19-20-8-4-9-21-19/h1-2,4-5,7-9H,3,6,10-14H2. The fraction of sp³-hybridized carbons (Fsp3) is 0.368. The first kappa shape index (κ1) is 16.5. The van der Waals surface area contributed by atoms with Gasteiger partial charge in [-0.25, -0.2) is 9.97 Å². The molecule has 0 unspecified atom stereocenters. The van der Waals surface area contributed by atoms with Crippen molar-refractivity contribution in [2.75, 3.05) is 42.5 Å². The number of hydrogen-bond acceptors (Lipinski definition) is 5. The summed E-state index contributed by atoms with van der Waals surface area (Å²) < 4.78 is 0. The Morgan fingerprint density at radius 1 is 0.846 bits per heavy atom. The predicted octanol–water partition coefficient (Wildman–Crippen LogP) is 1.10. The van der Waals surface area contributed by atoms with Crippen LogP contribution < -0.4 is 9.80 Å². The molecule has 0 spiro atoms. The van der Waals surface area contributed by atoms with E-state index in [-0.39, 0.29) is 0 Å². The number of carbonyl (C=O) groups is 2.